The first-order valence-electron chi connectivity index (χ1n) is 13.1. The van der Waals surface area contributed by atoms with Gasteiger partial charge in [0.05, 0.1) is 5.54 Å². The minimum Gasteiger partial charge on any atom is -0.318 e. The van der Waals surface area contributed by atoms with Crippen LogP contribution in [0.3, 0.4) is 0 Å². The molecule has 0 radical (unpaired) electrons. The molecule has 0 unspecified atom stereocenters. The molecule has 2 aliphatic rings. The van der Waals surface area contributed by atoms with Gasteiger partial charge in [-0.25, -0.2) is 9.18 Å². The number of aromatic amines is 1. The molecule has 2 aromatic carbocycles. The van der Waals surface area contributed by atoms with Crippen LogP contribution in [0.2, 0.25) is 0 Å². The lowest BCUT2D eigenvalue weighted by molar-refractivity contribution is 0.0616. The normalized spacial score (nSPS) is 21.8. The first-order valence-corrected chi connectivity index (χ1v) is 13.1. The second kappa shape index (κ2) is 10.2. The number of H-pyrrole nitrogens is 1. The van der Waals surface area contributed by atoms with Crippen LogP contribution in [0.1, 0.15) is 67.9 Å². The summed E-state index contributed by atoms with van der Waals surface area (Å²) in [5.74, 6) is 0.0792. The number of carbonyl (C=O) groups excluding carboxylic acids is 2. The van der Waals surface area contributed by atoms with Gasteiger partial charge >= 0.3 is 6.03 Å². The number of anilines is 1. The monoisotopic (exact) mass is 519 g/mol. The molecule has 38 heavy (non-hydrogen) atoms. The fraction of sp³-hybridized carbons (Fsp3) is 0.464. The second-order valence-electron chi connectivity index (χ2n) is 11.6. The Bertz CT molecular complexity index is 1280. The van der Waals surface area contributed by atoms with E-state index >= 15 is 0 Å². The molecule has 2 fully saturated rings. The van der Waals surface area contributed by atoms with Crippen molar-refractivity contribution in [2.24, 2.45) is 11.3 Å². The number of tetrazole rings is 1. The number of urea groups is 1. The van der Waals surface area contributed by atoms with Crippen LogP contribution in [0.15, 0.2) is 48.5 Å². The summed E-state index contributed by atoms with van der Waals surface area (Å²) < 4.78 is 13.8. The van der Waals surface area contributed by atoms with E-state index in [9.17, 15) is 14.0 Å². The second-order valence-corrected chi connectivity index (χ2v) is 11.6. The zero-order valence-corrected chi connectivity index (χ0v) is 22.1. The summed E-state index contributed by atoms with van der Waals surface area (Å²) in [5.41, 5.74) is 2.16. The average Bonchev–Trinajstić information content (AvgIpc) is 3.47. The first-order chi connectivity index (χ1) is 18.1. The van der Waals surface area contributed by atoms with Gasteiger partial charge in [-0.15, -0.1) is 5.10 Å². The maximum Gasteiger partial charge on any atom is 0.321 e. The van der Waals surface area contributed by atoms with Crippen molar-refractivity contribution in [3.63, 3.8) is 0 Å². The first kappa shape index (κ1) is 25.8. The summed E-state index contributed by atoms with van der Waals surface area (Å²) in [7, 11) is 0. The lowest BCUT2D eigenvalue weighted by Crippen LogP contribution is -2.50. The molecule has 1 saturated heterocycles. The van der Waals surface area contributed by atoms with E-state index in [0.29, 0.717) is 31.1 Å². The minimum absolute atomic E-state index is 0.0256. The molecule has 1 aliphatic carbocycles. The van der Waals surface area contributed by atoms with Gasteiger partial charge in [-0.2, -0.15) is 5.21 Å². The molecule has 1 aliphatic heterocycles. The van der Waals surface area contributed by atoms with Gasteiger partial charge < -0.3 is 9.80 Å². The number of amides is 3. The minimum atomic E-state index is -0.339. The third-order valence-corrected chi connectivity index (χ3v) is 8.09. The van der Waals surface area contributed by atoms with Crippen LogP contribution in [-0.2, 0) is 13.1 Å². The van der Waals surface area contributed by atoms with Crippen LogP contribution in [0.25, 0.3) is 0 Å². The van der Waals surface area contributed by atoms with Crippen molar-refractivity contribution < 1.29 is 14.0 Å². The Kier molecular flexibility index (Phi) is 6.90. The maximum atomic E-state index is 13.8. The molecule has 200 valence electrons. The van der Waals surface area contributed by atoms with Crippen molar-refractivity contribution >= 4 is 17.9 Å². The van der Waals surface area contributed by atoms with Crippen molar-refractivity contribution in [2.75, 3.05) is 11.9 Å². The zero-order chi connectivity index (χ0) is 26.9. The lowest BCUT2D eigenvalue weighted by atomic mass is 9.67. The molecule has 2 heterocycles. The third kappa shape index (κ3) is 5.39. The molecule has 1 aromatic heterocycles. The van der Waals surface area contributed by atoms with Crippen LogP contribution in [-0.4, -0.2) is 54.4 Å². The van der Waals surface area contributed by atoms with Gasteiger partial charge in [-0.05, 0) is 77.6 Å². The molecule has 10 heteroatoms. The van der Waals surface area contributed by atoms with E-state index < -0.39 is 0 Å². The average molecular weight is 520 g/mol. The fourth-order valence-corrected chi connectivity index (χ4v) is 5.88. The van der Waals surface area contributed by atoms with E-state index in [0.717, 1.165) is 36.8 Å². The Morgan fingerprint density at radius 1 is 1.11 bits per heavy atom. The summed E-state index contributed by atoms with van der Waals surface area (Å²) in [5, 5.41) is 15.8. The predicted octanol–water partition coefficient (Wildman–Crippen LogP) is 5.00. The molecule has 0 atom stereocenters. The number of hydrogen-bond donors (Lipinski definition) is 2. The third-order valence-electron chi connectivity index (χ3n) is 8.09. The van der Waals surface area contributed by atoms with Gasteiger partial charge in [0.1, 0.15) is 5.82 Å². The number of hydrogen-bond acceptors (Lipinski definition) is 5. The van der Waals surface area contributed by atoms with E-state index in [1.807, 2.05) is 28.0 Å². The molecule has 5 rings (SSSR count). The van der Waals surface area contributed by atoms with E-state index in [-0.39, 0.29) is 34.7 Å². The number of benzene rings is 2. The number of rotatable bonds is 6. The molecule has 2 N–H and O–H groups in total. The number of carbonyl (C=O) groups is 2. The Hall–Kier alpha value is -3.82. The smallest absolute Gasteiger partial charge is 0.318 e. The summed E-state index contributed by atoms with van der Waals surface area (Å²) in [4.78, 5) is 30.1. The van der Waals surface area contributed by atoms with Crippen LogP contribution >= 0.6 is 0 Å². The van der Waals surface area contributed by atoms with Gasteiger partial charge in [0, 0.05) is 25.2 Å². The van der Waals surface area contributed by atoms with Crippen LogP contribution in [0.4, 0.5) is 15.1 Å². The maximum absolute atomic E-state index is 13.8. The Morgan fingerprint density at radius 3 is 2.47 bits per heavy atom. The van der Waals surface area contributed by atoms with Crippen LogP contribution in [0, 0.1) is 17.2 Å². The summed E-state index contributed by atoms with van der Waals surface area (Å²) in [6.45, 7) is 8.34. The van der Waals surface area contributed by atoms with Crippen molar-refractivity contribution in [3.8, 4) is 0 Å². The number of nitrogens with zero attached hydrogens (tertiary/aromatic N) is 5. The zero-order valence-electron chi connectivity index (χ0n) is 22.1. The molecule has 1 spiro atoms. The lowest BCUT2D eigenvalue weighted by Gasteiger charge is -2.45. The SMILES string of the molecule is CC(C)(C)C1CCC2(CC1)CN(Cc1cccc(F)c1)C(=O)N2Cc1ccc(C(=O)Nc2nn[nH]n2)cc1. The van der Waals surface area contributed by atoms with Gasteiger partial charge in [-0.3, -0.25) is 10.1 Å². The van der Waals surface area contributed by atoms with Gasteiger partial charge in [0.25, 0.3) is 11.9 Å². The fourth-order valence-electron chi connectivity index (χ4n) is 5.88. The van der Waals surface area contributed by atoms with E-state index in [1.54, 1.807) is 18.2 Å². The highest BCUT2D eigenvalue weighted by Gasteiger charge is 2.51. The van der Waals surface area contributed by atoms with Gasteiger partial charge in [-0.1, -0.05) is 50.1 Å². The van der Waals surface area contributed by atoms with Crippen molar-refractivity contribution in [2.45, 2.75) is 65.1 Å². The topological polar surface area (TPSA) is 107 Å². The van der Waals surface area contributed by atoms with Gasteiger partial charge in [0.15, 0.2) is 0 Å². The number of aromatic nitrogens is 4. The van der Waals surface area contributed by atoms with Crippen molar-refractivity contribution in [3.05, 3.63) is 71.0 Å². The standard InChI is InChI=1S/C28H34FN7O2/c1-27(2,3)22-11-13-28(14-12-22)18-35(16-20-5-4-6-23(29)15-20)26(38)36(28)17-19-7-9-21(10-8-19)24(37)30-25-31-33-34-32-25/h4-10,15,22H,11-14,16-18H2,1-3H3,(H2,30,31,32,33,34,37). The summed E-state index contributed by atoms with van der Waals surface area (Å²) in [6.07, 6.45) is 4.00. The summed E-state index contributed by atoms with van der Waals surface area (Å²) in [6, 6.07) is 13.7. The largest absolute Gasteiger partial charge is 0.321 e. The van der Waals surface area contributed by atoms with Gasteiger partial charge in [0.2, 0.25) is 0 Å². The molecule has 0 bridgehead atoms. The van der Waals surface area contributed by atoms with E-state index in [4.69, 9.17) is 0 Å². The molecule has 3 aromatic rings. The van der Waals surface area contributed by atoms with Crippen LogP contribution < -0.4 is 5.32 Å². The molecule has 3 amide bonds. The van der Waals surface area contributed by atoms with E-state index in [1.165, 1.54) is 12.1 Å². The Balaban J connectivity index is 1.34. The molecule has 1 saturated carbocycles. The highest BCUT2D eigenvalue weighted by atomic mass is 19.1. The predicted molar refractivity (Wildman–Crippen MR) is 140 cm³/mol. The Morgan fingerprint density at radius 2 is 1.84 bits per heavy atom. The van der Waals surface area contributed by atoms with Crippen molar-refractivity contribution in [1.82, 2.24) is 30.4 Å². The molecular weight excluding hydrogens is 485 g/mol. The molecular formula is C28H34FN7O2. The quantitative estimate of drug-likeness (QED) is 0.476. The summed E-state index contributed by atoms with van der Waals surface area (Å²) >= 11 is 0. The highest BCUT2D eigenvalue weighted by molar-refractivity contribution is 6.03. The number of nitrogens with one attached hydrogen (secondary N) is 2. The highest BCUT2D eigenvalue weighted by Crippen LogP contribution is 2.47. The van der Waals surface area contributed by atoms with Crippen molar-refractivity contribution in [1.29, 1.82) is 0 Å². The van der Waals surface area contributed by atoms with Crippen LogP contribution in [0.5, 0.6) is 0 Å². The van der Waals surface area contributed by atoms with E-state index in [2.05, 4.69) is 46.7 Å². The Labute approximate surface area is 221 Å². The molecule has 9 nitrogen and oxygen atoms in total. The number of halogens is 1.